The van der Waals surface area contributed by atoms with Crippen molar-refractivity contribution in [3.63, 3.8) is 0 Å². The molecule has 0 aromatic heterocycles. The van der Waals surface area contributed by atoms with E-state index in [0.717, 1.165) is 25.0 Å². The van der Waals surface area contributed by atoms with E-state index in [1.165, 1.54) is 6.07 Å². The summed E-state index contributed by atoms with van der Waals surface area (Å²) in [6.45, 7) is 5.35. The Hall–Kier alpha value is -2.04. The van der Waals surface area contributed by atoms with Gasteiger partial charge in [-0.1, -0.05) is 25.1 Å². The molecule has 3 aliphatic rings. The van der Waals surface area contributed by atoms with Crippen LogP contribution in [-0.2, 0) is 27.0 Å². The topological polar surface area (TPSA) is 80.2 Å². The van der Waals surface area contributed by atoms with E-state index < -0.39 is 23.2 Å². The third kappa shape index (κ3) is 5.11. The van der Waals surface area contributed by atoms with Gasteiger partial charge in [-0.25, -0.2) is 0 Å². The lowest BCUT2D eigenvalue weighted by atomic mass is 9.73. The van der Waals surface area contributed by atoms with Gasteiger partial charge in [-0.2, -0.15) is 18.1 Å². The van der Waals surface area contributed by atoms with Gasteiger partial charge in [0.15, 0.2) is 0 Å². The zero-order valence-electron chi connectivity index (χ0n) is 20.4. The number of amides is 1. The van der Waals surface area contributed by atoms with Crippen molar-refractivity contribution in [1.82, 2.24) is 10.2 Å². The fourth-order valence-electron chi connectivity index (χ4n) is 6.00. The van der Waals surface area contributed by atoms with Crippen LogP contribution in [0.3, 0.4) is 0 Å². The first-order chi connectivity index (χ1) is 16.6. The summed E-state index contributed by atoms with van der Waals surface area (Å²) in [7, 11) is 1.67. The van der Waals surface area contributed by atoms with Gasteiger partial charge in [0.05, 0.1) is 30.2 Å². The Kier molecular flexibility index (Phi) is 7.54. The molecule has 1 saturated heterocycles. The fraction of sp³-hybridized carbons (Fsp3) is 0.720. The highest BCUT2D eigenvalue weighted by Gasteiger charge is 2.50. The fourth-order valence-corrected chi connectivity index (χ4v) is 6.00. The Bertz CT molecular complexity index is 941. The molecular weight excluding hydrogens is 463 g/mol. The number of carbonyl (C=O) groups excluding carboxylic acids is 1. The van der Waals surface area contributed by atoms with Crippen LogP contribution in [0.1, 0.15) is 62.3 Å². The summed E-state index contributed by atoms with van der Waals surface area (Å²) in [4.78, 5) is 27.1. The molecule has 1 N–H and O–H groups in total. The third-order valence-electron chi connectivity index (χ3n) is 8.14. The first-order valence-electron chi connectivity index (χ1n) is 12.3. The second-order valence-electron chi connectivity index (χ2n) is 10.4. The molecule has 194 valence electrons. The zero-order valence-corrected chi connectivity index (χ0v) is 20.4. The number of halogens is 3. The number of rotatable bonds is 6. The predicted molar refractivity (Wildman–Crippen MR) is 123 cm³/mol. The van der Waals surface area contributed by atoms with Crippen LogP contribution < -0.4 is 5.32 Å². The second-order valence-corrected chi connectivity index (χ2v) is 10.4. The van der Waals surface area contributed by atoms with E-state index in [-0.39, 0.29) is 43.1 Å². The molecule has 1 saturated carbocycles. The van der Waals surface area contributed by atoms with Crippen molar-refractivity contribution < 1.29 is 27.4 Å². The van der Waals surface area contributed by atoms with Gasteiger partial charge in [0, 0.05) is 32.3 Å². The predicted octanol–water partition coefficient (Wildman–Crippen LogP) is 4.44. The largest absolute Gasteiger partial charge is 0.416 e. The lowest BCUT2D eigenvalue weighted by Crippen LogP contribution is -2.52. The summed E-state index contributed by atoms with van der Waals surface area (Å²) >= 11 is 0. The molecule has 35 heavy (non-hydrogen) atoms. The van der Waals surface area contributed by atoms with Crippen LogP contribution in [0.2, 0.25) is 0 Å². The van der Waals surface area contributed by atoms with Crippen LogP contribution in [0.4, 0.5) is 13.2 Å². The summed E-state index contributed by atoms with van der Waals surface area (Å²) in [5.74, 6) is -0.0796. The van der Waals surface area contributed by atoms with Crippen LogP contribution in [-0.4, -0.2) is 55.9 Å². The number of nitrogens with one attached hydrogen (secondary N) is 1. The Morgan fingerprint density at radius 2 is 2.09 bits per heavy atom. The van der Waals surface area contributed by atoms with Gasteiger partial charge in [-0.15, -0.1) is 0 Å². The summed E-state index contributed by atoms with van der Waals surface area (Å²) < 4.78 is 51.0. The van der Waals surface area contributed by atoms with Crippen molar-refractivity contribution in [3.8, 4) is 0 Å². The van der Waals surface area contributed by atoms with Gasteiger partial charge < -0.3 is 19.7 Å². The van der Waals surface area contributed by atoms with Crippen LogP contribution >= 0.6 is 0 Å². The zero-order chi connectivity index (χ0) is 25.4. The van der Waals surface area contributed by atoms with E-state index in [1.807, 2.05) is 13.8 Å². The second kappa shape index (κ2) is 10.1. The Balaban J connectivity index is 1.54. The first kappa shape index (κ1) is 26.0. The number of methoxy groups -OCH3 is 1. The summed E-state index contributed by atoms with van der Waals surface area (Å²) in [6, 6.07) is 2.72. The molecule has 0 radical (unpaired) electrons. The van der Waals surface area contributed by atoms with Crippen molar-refractivity contribution >= 4 is 5.91 Å². The van der Waals surface area contributed by atoms with Crippen molar-refractivity contribution in [3.05, 3.63) is 39.8 Å². The summed E-state index contributed by atoms with van der Waals surface area (Å²) in [5, 5.41) is 6.83. The van der Waals surface area contributed by atoms with E-state index in [0.29, 0.717) is 37.2 Å². The Morgan fingerprint density at radius 1 is 1.31 bits per heavy atom. The van der Waals surface area contributed by atoms with Gasteiger partial charge in [0.25, 0.3) is 0 Å². The number of fused-ring (bicyclic) bond motifs is 1. The smallest absolute Gasteiger partial charge is 0.379 e. The molecule has 0 unspecified atom stereocenters. The normalized spacial score (nSPS) is 31.5. The minimum atomic E-state index is -4.50. The third-order valence-corrected chi connectivity index (χ3v) is 8.14. The summed E-state index contributed by atoms with van der Waals surface area (Å²) in [6.07, 6.45) is -1.60. The molecule has 0 bridgehead atoms. The average Bonchev–Trinajstić information content (AvgIpc) is 3.27. The number of alkyl halides is 3. The molecule has 2 fully saturated rings. The molecule has 4 rings (SSSR count). The van der Waals surface area contributed by atoms with Gasteiger partial charge in [-0.3, -0.25) is 4.79 Å². The van der Waals surface area contributed by atoms with Crippen LogP contribution in [0.5, 0.6) is 0 Å². The average molecular weight is 498 g/mol. The van der Waals surface area contributed by atoms with Gasteiger partial charge in [-0.05, 0) is 54.9 Å². The van der Waals surface area contributed by atoms with Gasteiger partial charge in [0.1, 0.15) is 6.04 Å². The number of carbonyl (C=O) groups is 1. The lowest BCUT2D eigenvalue weighted by Gasteiger charge is -2.41. The number of benzene rings is 1. The number of hydrogen-bond donors (Lipinski definition) is 1. The molecule has 1 aromatic carbocycles. The van der Waals surface area contributed by atoms with E-state index in [2.05, 4.69) is 10.5 Å². The minimum absolute atomic E-state index is 0.0280. The minimum Gasteiger partial charge on any atom is -0.379 e. The van der Waals surface area contributed by atoms with E-state index >= 15 is 0 Å². The maximum absolute atomic E-state index is 14.0. The van der Waals surface area contributed by atoms with Crippen LogP contribution in [0, 0.1) is 16.2 Å². The first-order valence-corrected chi connectivity index (χ1v) is 12.3. The maximum Gasteiger partial charge on any atom is 0.416 e. The molecule has 10 heteroatoms. The molecule has 2 heterocycles. The number of nitroso groups, excluding NO2 is 1. The van der Waals surface area contributed by atoms with Crippen LogP contribution in [0.15, 0.2) is 23.4 Å². The van der Waals surface area contributed by atoms with E-state index in [4.69, 9.17) is 9.47 Å². The van der Waals surface area contributed by atoms with Crippen molar-refractivity contribution in [2.45, 2.75) is 76.5 Å². The molecule has 0 spiro atoms. The van der Waals surface area contributed by atoms with E-state index in [1.54, 1.807) is 12.0 Å². The molecule has 1 aliphatic carbocycles. The van der Waals surface area contributed by atoms with Crippen LogP contribution in [0.25, 0.3) is 0 Å². The standard InChI is InChI=1S/C25H34F3N3O4/c1-15(2)24(8-6-18(11-24)29-20-7-9-35-14-22(20)34-3)23(32)31-12-16-10-17(25(26,27)28)4-5-19(16)21(13-31)30-33/h4-5,10,15,18,20-22,29H,6-9,11-14H2,1-3H3/t18-,20+,21+,22-,24+/m1/s1. The Labute approximate surface area is 203 Å². The quantitative estimate of drug-likeness (QED) is 0.588. The molecular formula is C25H34F3N3O4. The number of hydrogen-bond acceptors (Lipinski definition) is 6. The SMILES string of the molecule is CO[C@@H]1COCC[C@@H]1N[C@@H]1CC[C@@](C(=O)N2Cc3cc(C(F)(F)F)ccc3[C@@H](N=O)C2)(C(C)C)C1. The van der Waals surface area contributed by atoms with Crippen molar-refractivity contribution in [2.24, 2.45) is 16.5 Å². The molecule has 5 atom stereocenters. The number of nitrogens with zero attached hydrogens (tertiary/aromatic N) is 2. The highest BCUT2D eigenvalue weighted by Crippen LogP contribution is 2.47. The van der Waals surface area contributed by atoms with Gasteiger partial charge in [0.2, 0.25) is 5.91 Å². The van der Waals surface area contributed by atoms with Crippen molar-refractivity contribution in [2.75, 3.05) is 26.9 Å². The van der Waals surface area contributed by atoms with E-state index in [9.17, 15) is 22.9 Å². The molecule has 7 nitrogen and oxygen atoms in total. The number of ether oxygens (including phenoxy) is 2. The molecule has 1 aromatic rings. The summed E-state index contributed by atoms with van der Waals surface area (Å²) in [5.41, 5.74) is -0.645. The lowest BCUT2D eigenvalue weighted by molar-refractivity contribution is -0.146. The Morgan fingerprint density at radius 3 is 2.74 bits per heavy atom. The monoisotopic (exact) mass is 497 g/mol. The maximum atomic E-state index is 14.0. The highest BCUT2D eigenvalue weighted by atomic mass is 19.4. The van der Waals surface area contributed by atoms with Crippen molar-refractivity contribution in [1.29, 1.82) is 0 Å². The molecule has 2 aliphatic heterocycles. The molecule has 1 amide bonds. The van der Waals surface area contributed by atoms with Gasteiger partial charge >= 0.3 is 6.18 Å². The highest BCUT2D eigenvalue weighted by molar-refractivity contribution is 5.84.